The number of nitrogens with zero attached hydrogens (tertiary/aromatic N) is 4. The quantitative estimate of drug-likeness (QED) is 0.176. The average Bonchev–Trinajstić information content (AvgIpc) is 3.74. The minimum Gasteiger partial charge on any atom is -0.307 e. The molecular weight excluding hydrogens is 705 g/mol. The van der Waals surface area contributed by atoms with Crippen LogP contribution in [0.25, 0.3) is 88.4 Å². The monoisotopic (exact) mass is 742 g/mol. The van der Waals surface area contributed by atoms with Crippen LogP contribution in [-0.2, 0) is 0 Å². The summed E-state index contributed by atoms with van der Waals surface area (Å²) in [5.74, 6) is 0. The molecule has 0 aliphatic rings. The number of para-hydroxylation sites is 2. The Morgan fingerprint density at radius 2 is 0.845 bits per heavy atom. The second-order valence-corrected chi connectivity index (χ2v) is 15.6. The standard InChI is InChI=1S/C54H38N4/c1-33-20-34(2)23-41(22-33)38-16-18-51-47(27-38)44-12-5-7-14-49(44)57(51)53-29-43(32-56)46(40-11-9-10-37(26-40)31-55)30-54(53)58-50-15-8-6-13-45(50)48-28-39(17-19-52(48)58)42-24-35(3)21-36(4)25-42/h5-30H,1-4H3. The number of fused-ring (bicyclic) bond motifs is 6. The van der Waals surface area contributed by atoms with Gasteiger partial charge in [0.25, 0.3) is 0 Å². The lowest BCUT2D eigenvalue weighted by atomic mass is 9.96. The maximum absolute atomic E-state index is 10.9. The summed E-state index contributed by atoms with van der Waals surface area (Å²) in [7, 11) is 0. The minimum atomic E-state index is 0.532. The first-order chi connectivity index (χ1) is 28.3. The molecule has 8 aromatic carbocycles. The number of hydrogen-bond acceptors (Lipinski definition) is 2. The molecule has 0 spiro atoms. The van der Waals surface area contributed by atoms with Crippen LogP contribution in [0.5, 0.6) is 0 Å². The van der Waals surface area contributed by atoms with E-state index in [1.54, 1.807) is 6.07 Å². The van der Waals surface area contributed by atoms with E-state index in [1.165, 1.54) is 38.9 Å². The second kappa shape index (κ2) is 13.5. The summed E-state index contributed by atoms with van der Waals surface area (Å²) in [4.78, 5) is 0. The number of aromatic nitrogens is 2. The number of hydrogen-bond donors (Lipinski definition) is 0. The third kappa shape index (κ3) is 5.66. The Balaban J connectivity index is 1.31. The van der Waals surface area contributed by atoms with Crippen molar-refractivity contribution in [3.05, 3.63) is 191 Å². The van der Waals surface area contributed by atoms with Crippen LogP contribution >= 0.6 is 0 Å². The Bertz CT molecular complexity index is 3370. The molecule has 0 saturated carbocycles. The number of benzene rings is 8. The molecule has 4 nitrogen and oxygen atoms in total. The van der Waals surface area contributed by atoms with E-state index in [9.17, 15) is 10.5 Å². The summed E-state index contributed by atoms with van der Waals surface area (Å²) < 4.78 is 4.68. The van der Waals surface area contributed by atoms with Gasteiger partial charge in [-0.25, -0.2) is 0 Å². The van der Waals surface area contributed by atoms with Gasteiger partial charge in [0.15, 0.2) is 0 Å². The Kier molecular flexibility index (Phi) is 8.11. The molecule has 0 radical (unpaired) electrons. The first-order valence-corrected chi connectivity index (χ1v) is 19.6. The van der Waals surface area contributed by atoms with Gasteiger partial charge in [-0.05, 0) is 116 Å². The zero-order valence-electron chi connectivity index (χ0n) is 32.8. The summed E-state index contributed by atoms with van der Waals surface area (Å²) >= 11 is 0. The van der Waals surface area contributed by atoms with Crippen molar-refractivity contribution in [1.29, 1.82) is 10.5 Å². The highest BCUT2D eigenvalue weighted by molar-refractivity contribution is 6.13. The van der Waals surface area contributed by atoms with E-state index in [0.717, 1.165) is 71.7 Å². The molecule has 2 aromatic heterocycles. The summed E-state index contributed by atoms with van der Waals surface area (Å²) in [5, 5.41) is 25.3. The molecule has 0 unspecified atom stereocenters. The Hall–Kier alpha value is -7.66. The molecule has 274 valence electrons. The topological polar surface area (TPSA) is 57.4 Å². The zero-order valence-corrected chi connectivity index (χ0v) is 32.8. The molecule has 0 bridgehead atoms. The summed E-state index contributed by atoms with van der Waals surface area (Å²) in [6.07, 6.45) is 0. The van der Waals surface area contributed by atoms with Crippen molar-refractivity contribution in [1.82, 2.24) is 9.13 Å². The molecule has 0 atom stereocenters. The van der Waals surface area contributed by atoms with Gasteiger partial charge >= 0.3 is 0 Å². The predicted octanol–water partition coefficient (Wildman–Crippen LogP) is 13.9. The van der Waals surface area contributed by atoms with Gasteiger partial charge in [0, 0.05) is 27.1 Å². The molecule has 10 aromatic rings. The summed E-state index contributed by atoms with van der Waals surface area (Å²) in [6, 6.07) is 60.7. The maximum atomic E-state index is 10.9. The summed E-state index contributed by atoms with van der Waals surface area (Å²) in [6.45, 7) is 8.59. The molecule has 0 aliphatic carbocycles. The van der Waals surface area contributed by atoms with Crippen LogP contribution < -0.4 is 0 Å². The zero-order chi connectivity index (χ0) is 39.7. The van der Waals surface area contributed by atoms with Crippen molar-refractivity contribution in [3.63, 3.8) is 0 Å². The highest BCUT2D eigenvalue weighted by Gasteiger charge is 2.23. The fraction of sp³-hybridized carbons (Fsp3) is 0.0741. The van der Waals surface area contributed by atoms with E-state index in [4.69, 9.17) is 0 Å². The molecule has 0 amide bonds. The van der Waals surface area contributed by atoms with Gasteiger partial charge in [0.1, 0.15) is 0 Å². The third-order valence-electron chi connectivity index (χ3n) is 11.5. The van der Waals surface area contributed by atoms with Crippen molar-refractivity contribution in [2.75, 3.05) is 0 Å². The van der Waals surface area contributed by atoms with Crippen LogP contribution in [0, 0.1) is 50.4 Å². The maximum Gasteiger partial charge on any atom is 0.0998 e. The van der Waals surface area contributed by atoms with Crippen molar-refractivity contribution in [2.24, 2.45) is 0 Å². The SMILES string of the molecule is Cc1cc(C)cc(-c2ccc3c(c2)c2ccccc2n3-c2cc(C#N)c(-c3cccc(C#N)c3)cc2-n2c3ccccc3c3cc(-c4cc(C)cc(C)c4)ccc32)c1. The van der Waals surface area contributed by atoms with E-state index < -0.39 is 0 Å². The molecule has 4 heteroatoms. The van der Waals surface area contributed by atoms with E-state index in [1.807, 2.05) is 24.3 Å². The lowest BCUT2D eigenvalue weighted by Crippen LogP contribution is -2.05. The van der Waals surface area contributed by atoms with Gasteiger partial charge in [0.2, 0.25) is 0 Å². The van der Waals surface area contributed by atoms with Gasteiger partial charge in [-0.3, -0.25) is 0 Å². The number of aryl methyl sites for hydroxylation is 4. The van der Waals surface area contributed by atoms with E-state index in [2.05, 4.69) is 176 Å². The lowest BCUT2D eigenvalue weighted by Gasteiger charge is -2.19. The largest absolute Gasteiger partial charge is 0.307 e. The second-order valence-electron chi connectivity index (χ2n) is 15.6. The smallest absolute Gasteiger partial charge is 0.0998 e. The van der Waals surface area contributed by atoms with Crippen molar-refractivity contribution in [3.8, 4) is 56.9 Å². The molecule has 2 heterocycles. The number of nitriles is 2. The average molecular weight is 743 g/mol. The van der Waals surface area contributed by atoms with Gasteiger partial charge in [-0.2, -0.15) is 10.5 Å². The van der Waals surface area contributed by atoms with Crippen molar-refractivity contribution in [2.45, 2.75) is 27.7 Å². The van der Waals surface area contributed by atoms with E-state index in [-0.39, 0.29) is 0 Å². The first-order valence-electron chi connectivity index (χ1n) is 19.6. The van der Waals surface area contributed by atoms with Crippen LogP contribution in [0.15, 0.2) is 158 Å². The molecule has 0 aliphatic heterocycles. The van der Waals surface area contributed by atoms with E-state index in [0.29, 0.717) is 11.1 Å². The fourth-order valence-electron chi connectivity index (χ4n) is 9.13. The highest BCUT2D eigenvalue weighted by atomic mass is 15.1. The normalized spacial score (nSPS) is 11.4. The van der Waals surface area contributed by atoms with Crippen LogP contribution in [0.4, 0.5) is 0 Å². The van der Waals surface area contributed by atoms with Gasteiger partial charge in [-0.1, -0.05) is 119 Å². The van der Waals surface area contributed by atoms with Gasteiger partial charge in [0.05, 0.1) is 56.7 Å². The predicted molar refractivity (Wildman–Crippen MR) is 240 cm³/mol. The van der Waals surface area contributed by atoms with Gasteiger partial charge < -0.3 is 9.13 Å². The molecular formula is C54H38N4. The first kappa shape index (κ1) is 34.8. The van der Waals surface area contributed by atoms with Gasteiger partial charge in [-0.15, -0.1) is 0 Å². The molecule has 10 rings (SSSR count). The Morgan fingerprint density at radius 3 is 1.34 bits per heavy atom. The number of rotatable bonds is 5. The van der Waals surface area contributed by atoms with Crippen molar-refractivity contribution < 1.29 is 0 Å². The van der Waals surface area contributed by atoms with Crippen LogP contribution in [0.3, 0.4) is 0 Å². The van der Waals surface area contributed by atoms with Crippen LogP contribution in [0.1, 0.15) is 33.4 Å². The minimum absolute atomic E-state index is 0.532. The summed E-state index contributed by atoms with van der Waals surface area (Å²) in [5.41, 5.74) is 18.4. The molecule has 0 N–H and O–H groups in total. The van der Waals surface area contributed by atoms with Crippen molar-refractivity contribution >= 4 is 43.6 Å². The molecule has 58 heavy (non-hydrogen) atoms. The third-order valence-corrected chi connectivity index (χ3v) is 11.5. The fourth-order valence-corrected chi connectivity index (χ4v) is 9.13. The highest BCUT2D eigenvalue weighted by Crippen LogP contribution is 2.42. The Labute approximate surface area is 337 Å². The Morgan fingerprint density at radius 1 is 0.362 bits per heavy atom. The lowest BCUT2D eigenvalue weighted by molar-refractivity contribution is 1.09. The van der Waals surface area contributed by atoms with Crippen LogP contribution in [-0.4, -0.2) is 9.13 Å². The molecule has 0 saturated heterocycles. The van der Waals surface area contributed by atoms with Crippen LogP contribution in [0.2, 0.25) is 0 Å². The molecule has 0 fully saturated rings. The van der Waals surface area contributed by atoms with E-state index >= 15 is 0 Å².